The Labute approximate surface area is 208 Å². The number of carboxylic acid groups (broad SMARTS) is 1. The van der Waals surface area contributed by atoms with Gasteiger partial charge in [-0.2, -0.15) is 18.3 Å². The molecule has 12 heteroatoms. The number of aromatic nitrogens is 4. The normalized spacial score (nSPS) is 14.2. The third kappa shape index (κ3) is 6.26. The summed E-state index contributed by atoms with van der Waals surface area (Å²) in [5, 5.41) is 11.8. The zero-order valence-electron chi connectivity index (χ0n) is 19.3. The molecule has 1 saturated heterocycles. The maximum absolute atomic E-state index is 13.5. The fraction of sp³-hybridized carbons (Fsp3) is 0.240. The Hall–Kier alpha value is -4.35. The van der Waals surface area contributed by atoms with Crippen LogP contribution in [0.1, 0.15) is 34.9 Å². The zero-order chi connectivity index (χ0) is 26.6. The Kier molecular flexibility index (Phi) is 7.46. The van der Waals surface area contributed by atoms with Crippen LogP contribution in [0.2, 0.25) is 0 Å². The first-order valence-electron chi connectivity index (χ1n) is 11.2. The molecule has 1 fully saturated rings. The summed E-state index contributed by atoms with van der Waals surface area (Å²) in [5.41, 5.74) is 3.07. The van der Waals surface area contributed by atoms with Gasteiger partial charge in [0.15, 0.2) is 11.5 Å². The van der Waals surface area contributed by atoms with E-state index in [1.165, 1.54) is 12.1 Å². The van der Waals surface area contributed by atoms with Crippen molar-refractivity contribution >= 4 is 17.5 Å². The number of likely N-dealkylation sites (tertiary alicyclic amines) is 1. The molecule has 0 spiro atoms. The van der Waals surface area contributed by atoms with Crippen LogP contribution < -0.4 is 0 Å². The monoisotopic (exact) mass is 515 g/mol. The molecule has 0 radical (unpaired) electrons. The molecular weight excluding hydrogens is 494 g/mol. The molecule has 0 bridgehead atoms. The van der Waals surface area contributed by atoms with Crippen LogP contribution in [0.3, 0.4) is 0 Å². The summed E-state index contributed by atoms with van der Waals surface area (Å²) in [7, 11) is 0. The number of aliphatic carboxylic acids is 1. The third-order valence-electron chi connectivity index (χ3n) is 5.80. The lowest BCUT2D eigenvalue weighted by atomic mass is 9.96. The van der Waals surface area contributed by atoms with Gasteiger partial charge < -0.3 is 10.0 Å². The van der Waals surface area contributed by atoms with Crippen LogP contribution in [-0.2, 0) is 4.79 Å². The number of nitrogens with zero attached hydrogens (tertiary/aromatic N) is 5. The molecule has 1 aliphatic rings. The zero-order valence-corrected chi connectivity index (χ0v) is 19.3. The molecule has 1 aliphatic heterocycles. The van der Waals surface area contributed by atoms with Crippen LogP contribution >= 0.6 is 0 Å². The van der Waals surface area contributed by atoms with Crippen molar-refractivity contribution in [1.82, 2.24) is 24.5 Å². The molecule has 1 N–H and O–H groups in total. The van der Waals surface area contributed by atoms with Gasteiger partial charge in [-0.1, -0.05) is 12.1 Å². The summed E-state index contributed by atoms with van der Waals surface area (Å²) in [5.74, 6) is -2.00. The van der Waals surface area contributed by atoms with Crippen molar-refractivity contribution in [2.24, 2.45) is 0 Å². The van der Waals surface area contributed by atoms with Crippen molar-refractivity contribution in [3.05, 3.63) is 84.3 Å². The lowest BCUT2D eigenvalue weighted by Gasteiger charge is -2.30. The Morgan fingerprint density at radius 3 is 2.35 bits per heavy atom. The maximum atomic E-state index is 13.5. The molecule has 4 aromatic rings. The van der Waals surface area contributed by atoms with Gasteiger partial charge in [0.1, 0.15) is 5.82 Å². The van der Waals surface area contributed by atoms with Crippen molar-refractivity contribution in [2.45, 2.75) is 24.9 Å². The second-order valence-electron chi connectivity index (χ2n) is 8.31. The van der Waals surface area contributed by atoms with Crippen LogP contribution in [0, 0.1) is 5.82 Å². The summed E-state index contributed by atoms with van der Waals surface area (Å²) in [6.45, 7) is 1.34. The first-order chi connectivity index (χ1) is 17.6. The number of pyridine rings is 2. The van der Waals surface area contributed by atoms with Gasteiger partial charge in [0, 0.05) is 43.2 Å². The van der Waals surface area contributed by atoms with E-state index in [4.69, 9.17) is 9.90 Å². The summed E-state index contributed by atoms with van der Waals surface area (Å²) in [4.78, 5) is 32.1. The number of piperidine rings is 1. The average molecular weight is 515 g/mol. The van der Waals surface area contributed by atoms with Crippen molar-refractivity contribution in [2.75, 3.05) is 13.1 Å². The molecular formula is C25H21F4N5O3. The second kappa shape index (κ2) is 10.7. The number of amides is 1. The number of carbonyl (C=O) groups is 2. The highest BCUT2D eigenvalue weighted by Crippen LogP contribution is 2.28. The van der Waals surface area contributed by atoms with Crippen LogP contribution in [0.4, 0.5) is 17.6 Å². The molecule has 4 heterocycles. The molecule has 3 aromatic heterocycles. The number of fused-ring (bicyclic) bond motifs is 1. The van der Waals surface area contributed by atoms with Gasteiger partial charge >= 0.3 is 12.1 Å². The minimum Gasteiger partial charge on any atom is -0.475 e. The van der Waals surface area contributed by atoms with Crippen LogP contribution in [0.15, 0.2) is 67.1 Å². The molecule has 1 aromatic carbocycles. The molecule has 37 heavy (non-hydrogen) atoms. The SMILES string of the molecule is O=C(O)C(F)(F)F.O=C(c1cccnc1)N1CCC(c2nc3ccc(-c4cccc(F)c4)cn3n2)CC1. The first-order valence-corrected chi connectivity index (χ1v) is 11.2. The van der Waals surface area contributed by atoms with E-state index in [0.29, 0.717) is 18.7 Å². The Morgan fingerprint density at radius 1 is 1.00 bits per heavy atom. The number of carbonyl (C=O) groups excluding carboxylic acids is 1. The van der Waals surface area contributed by atoms with Gasteiger partial charge in [-0.15, -0.1) is 0 Å². The fourth-order valence-electron chi connectivity index (χ4n) is 3.92. The maximum Gasteiger partial charge on any atom is 0.490 e. The van der Waals surface area contributed by atoms with E-state index in [1.54, 1.807) is 35.1 Å². The topological polar surface area (TPSA) is 101 Å². The van der Waals surface area contributed by atoms with Gasteiger partial charge in [-0.25, -0.2) is 18.7 Å². The molecule has 0 saturated carbocycles. The van der Waals surface area contributed by atoms with Gasteiger partial charge in [0.25, 0.3) is 5.91 Å². The average Bonchev–Trinajstić information content (AvgIpc) is 3.32. The van der Waals surface area contributed by atoms with Crippen molar-refractivity contribution in [3.63, 3.8) is 0 Å². The minimum absolute atomic E-state index is 0.0178. The largest absolute Gasteiger partial charge is 0.490 e. The second-order valence-corrected chi connectivity index (χ2v) is 8.31. The van der Waals surface area contributed by atoms with Crippen molar-refractivity contribution in [1.29, 1.82) is 0 Å². The third-order valence-corrected chi connectivity index (χ3v) is 5.80. The molecule has 0 aliphatic carbocycles. The molecule has 192 valence electrons. The Morgan fingerprint density at radius 2 is 1.73 bits per heavy atom. The first kappa shape index (κ1) is 25.7. The molecule has 0 atom stereocenters. The summed E-state index contributed by atoms with van der Waals surface area (Å²) < 4.78 is 47.0. The quantitative estimate of drug-likeness (QED) is 0.401. The lowest BCUT2D eigenvalue weighted by Crippen LogP contribution is -2.38. The minimum atomic E-state index is -5.08. The predicted molar refractivity (Wildman–Crippen MR) is 124 cm³/mol. The predicted octanol–water partition coefficient (Wildman–Crippen LogP) is 4.58. The van der Waals surface area contributed by atoms with E-state index in [0.717, 1.165) is 35.4 Å². The summed E-state index contributed by atoms with van der Waals surface area (Å²) >= 11 is 0. The van der Waals surface area contributed by atoms with Crippen LogP contribution in [0.5, 0.6) is 0 Å². The molecule has 0 unspecified atom stereocenters. The van der Waals surface area contributed by atoms with Crippen LogP contribution in [0.25, 0.3) is 16.8 Å². The number of alkyl halides is 3. The number of hydrogen-bond acceptors (Lipinski definition) is 5. The highest BCUT2D eigenvalue weighted by Gasteiger charge is 2.38. The fourth-order valence-corrected chi connectivity index (χ4v) is 3.92. The Balaban J connectivity index is 0.000000405. The van der Waals surface area contributed by atoms with Crippen molar-refractivity contribution < 1.29 is 32.3 Å². The lowest BCUT2D eigenvalue weighted by molar-refractivity contribution is -0.192. The number of halogens is 4. The number of rotatable bonds is 3. The molecule has 8 nitrogen and oxygen atoms in total. The van der Waals surface area contributed by atoms with E-state index in [2.05, 4.69) is 15.1 Å². The smallest absolute Gasteiger partial charge is 0.475 e. The van der Waals surface area contributed by atoms with Gasteiger partial charge in [-0.3, -0.25) is 9.78 Å². The van der Waals surface area contributed by atoms with E-state index < -0.39 is 12.1 Å². The number of benzene rings is 1. The number of carboxylic acids is 1. The summed E-state index contributed by atoms with van der Waals surface area (Å²) in [6, 6.07) is 13.9. The molecule has 1 amide bonds. The summed E-state index contributed by atoms with van der Waals surface area (Å²) in [6.07, 6.45) is 1.70. The molecule has 5 rings (SSSR count). The Bertz CT molecular complexity index is 1400. The van der Waals surface area contributed by atoms with E-state index >= 15 is 0 Å². The number of hydrogen-bond donors (Lipinski definition) is 1. The highest BCUT2D eigenvalue weighted by molar-refractivity contribution is 5.93. The highest BCUT2D eigenvalue weighted by atomic mass is 19.4. The van der Waals surface area contributed by atoms with Crippen LogP contribution in [-0.4, -0.2) is 60.7 Å². The van der Waals surface area contributed by atoms with E-state index in [9.17, 15) is 22.4 Å². The van der Waals surface area contributed by atoms with E-state index in [-0.39, 0.29) is 17.6 Å². The van der Waals surface area contributed by atoms with Gasteiger partial charge in [0.2, 0.25) is 0 Å². The van der Waals surface area contributed by atoms with Gasteiger partial charge in [0.05, 0.1) is 5.56 Å². The standard InChI is InChI=1S/C23H20FN5O.C2HF3O2/c24-20-5-1-3-17(13-20)19-6-7-21-26-22(27-29(21)15-19)16-8-11-28(12-9-16)23(30)18-4-2-10-25-14-18;3-2(4,5)1(6)7/h1-7,10,13-16H,8-9,11-12H2;(H,6,7). The van der Waals surface area contributed by atoms with Crippen molar-refractivity contribution in [3.8, 4) is 11.1 Å². The van der Waals surface area contributed by atoms with E-state index in [1.807, 2.05) is 29.3 Å². The van der Waals surface area contributed by atoms with Gasteiger partial charge in [-0.05, 0) is 54.8 Å².